The van der Waals surface area contributed by atoms with Crippen molar-refractivity contribution in [1.29, 1.82) is 0 Å². The summed E-state index contributed by atoms with van der Waals surface area (Å²) in [7, 11) is 0. The molecule has 0 aliphatic heterocycles. The zero-order valence-corrected chi connectivity index (χ0v) is 6.06. The molecular formula is H2CoCuMnNNi. The van der Waals surface area contributed by atoms with Crippen molar-refractivity contribution < 1.29 is 66.6 Å². The quantitative estimate of drug-likeness (QED) is 0.572. The molecule has 0 atom stereocenters. The van der Waals surface area contributed by atoms with Crippen molar-refractivity contribution in [3.05, 3.63) is 0 Å². The number of rotatable bonds is 0. The minimum Gasteiger partial charge on any atom is 0 e. The van der Waals surface area contributed by atoms with Gasteiger partial charge in [0.25, 0.3) is 0 Å². The van der Waals surface area contributed by atoms with Crippen LogP contribution in [0.2, 0.25) is 0 Å². The molecule has 1 nitrogen and oxygen atoms in total. The van der Waals surface area contributed by atoms with E-state index >= 15 is 0 Å². The predicted molar refractivity (Wildman–Crippen MR) is 4.19 cm³/mol. The summed E-state index contributed by atoms with van der Waals surface area (Å²) in [5.41, 5.74) is 0. The van der Waals surface area contributed by atoms with Crippen molar-refractivity contribution >= 4 is 0 Å². The van der Waals surface area contributed by atoms with Crippen molar-refractivity contribution in [1.82, 2.24) is 0 Å². The molecule has 0 rings (SSSR count). The second-order valence-electron chi connectivity index (χ2n) is 0. The fraction of sp³-hybridized carbons (Fsp3) is 0. The third-order valence-corrected chi connectivity index (χ3v) is 0. The Balaban J connectivity index is -0.00000000167. The second-order valence-corrected chi connectivity index (χ2v) is 0. The van der Waals surface area contributed by atoms with Gasteiger partial charge in [-0.3, -0.25) is 0 Å². The summed E-state index contributed by atoms with van der Waals surface area (Å²) in [6.07, 6.45) is 0. The van der Waals surface area contributed by atoms with Crippen molar-refractivity contribution in [3.8, 4) is 0 Å². The Hall–Kier alpha value is 2.00. The molecule has 2 radical (unpaired) electrons. The first kappa shape index (κ1) is 28.0. The summed E-state index contributed by atoms with van der Waals surface area (Å²) in [5, 5.41) is 0. The van der Waals surface area contributed by atoms with Gasteiger partial charge in [0, 0.05) is 50.3 Å². The molecule has 5 heteroatoms. The van der Waals surface area contributed by atoms with Crippen LogP contribution in [-0.2, 0) is 66.6 Å². The summed E-state index contributed by atoms with van der Waals surface area (Å²) >= 11 is 2.44. The van der Waals surface area contributed by atoms with Crippen LogP contribution in [0.15, 0.2) is 0 Å². The minimum atomic E-state index is 0. The fourth-order valence-corrected chi connectivity index (χ4v) is 0. The van der Waals surface area contributed by atoms with E-state index in [2.05, 4.69) is 21.0 Å². The van der Waals surface area contributed by atoms with E-state index in [9.17, 15) is 0 Å². The molecule has 44 valence electrons. The van der Waals surface area contributed by atoms with Gasteiger partial charge in [-0.25, -0.2) is 0 Å². The maximum absolute atomic E-state index is 4.31. The van der Waals surface area contributed by atoms with Crippen LogP contribution >= 0.6 is 0 Å². The van der Waals surface area contributed by atoms with E-state index in [1.807, 2.05) is 0 Å². The molecule has 0 aromatic carbocycles. The van der Waals surface area contributed by atoms with Gasteiger partial charge in [-0.05, 0) is 0 Å². The average Bonchev–Trinajstić information content (AvgIpc) is 1.00. The van der Waals surface area contributed by atoms with Crippen LogP contribution in [-0.4, -0.2) is 0 Å². The SMILES string of the molecule is [Co].[Cu].[NH2][Mn].[Ni]. The van der Waals surface area contributed by atoms with Gasteiger partial charge >= 0.3 is 21.0 Å². The van der Waals surface area contributed by atoms with Gasteiger partial charge in [0.15, 0.2) is 0 Å². The summed E-state index contributed by atoms with van der Waals surface area (Å²) < 4.78 is 4.31. The molecule has 5 heavy (non-hydrogen) atoms. The van der Waals surface area contributed by atoms with E-state index in [1.54, 1.807) is 0 Å². The third-order valence-electron chi connectivity index (χ3n) is 0. The zero-order chi connectivity index (χ0) is 2.00. The molecule has 0 aliphatic rings. The molecule has 2 N–H and O–H groups in total. The number of hydrogen-bond donors (Lipinski definition) is 1. The average molecular weight is 252 g/mol. The molecule has 0 aromatic rings. The molecule has 0 bridgehead atoms. The first-order chi connectivity index (χ1) is 1.00. The standard InChI is InChI=1S/Co.Cu.Mn.H2N.Ni/h;;;1H2;/q;;+1;-1;. The maximum atomic E-state index is 4.31. The fourth-order valence-electron chi connectivity index (χ4n) is 0. The molecule has 0 saturated carbocycles. The molecule has 0 spiro atoms. The van der Waals surface area contributed by atoms with Crippen LogP contribution in [0, 0.1) is 0 Å². The van der Waals surface area contributed by atoms with Crippen LogP contribution in [0.1, 0.15) is 0 Å². The molecule has 0 amide bonds. The maximum Gasteiger partial charge on any atom is 0 e. The monoisotopic (exact) mass is 251 g/mol. The molecule has 0 fully saturated rings. The summed E-state index contributed by atoms with van der Waals surface area (Å²) in [6, 6.07) is 0. The van der Waals surface area contributed by atoms with Gasteiger partial charge in [-0.2, -0.15) is 0 Å². The van der Waals surface area contributed by atoms with Gasteiger partial charge in [0.05, 0.1) is 0 Å². The smallest absolute Gasteiger partial charge is 0 e. The van der Waals surface area contributed by atoms with Gasteiger partial charge in [0.2, 0.25) is 0 Å². The Labute approximate surface area is 70.8 Å². The number of hydrogen-bond acceptors (Lipinski definition) is 1. The van der Waals surface area contributed by atoms with Gasteiger partial charge in [-0.1, -0.05) is 0 Å². The molecular weight excluding hydrogens is 250 g/mol. The topological polar surface area (TPSA) is 26.0 Å². The van der Waals surface area contributed by atoms with E-state index in [1.165, 1.54) is 0 Å². The van der Waals surface area contributed by atoms with Crippen molar-refractivity contribution in [2.75, 3.05) is 0 Å². The molecule has 0 heterocycles. The summed E-state index contributed by atoms with van der Waals surface area (Å²) in [4.78, 5) is 0. The minimum absolute atomic E-state index is 0. The Bertz CT molecular complexity index is 11.6. The van der Waals surface area contributed by atoms with Crippen LogP contribution < -0.4 is 4.75 Å². The van der Waals surface area contributed by atoms with Gasteiger partial charge in [-0.15, -0.1) is 0 Å². The Morgan fingerprint density at radius 2 is 1.20 bits per heavy atom. The van der Waals surface area contributed by atoms with E-state index in [-0.39, 0.29) is 50.3 Å². The van der Waals surface area contributed by atoms with E-state index in [0.717, 1.165) is 0 Å². The number of nitrogens with two attached hydrogens (primary N) is 1. The Kier molecular flexibility index (Phi) is 210. The largest absolute Gasteiger partial charge is 0 e. The first-order valence-electron chi connectivity index (χ1n) is 0.218. The second kappa shape index (κ2) is 37.5. The van der Waals surface area contributed by atoms with Crippen LogP contribution in [0.3, 0.4) is 0 Å². The zero-order valence-electron chi connectivity index (χ0n) is 1.91. The van der Waals surface area contributed by atoms with E-state index in [4.69, 9.17) is 0 Å². The van der Waals surface area contributed by atoms with Crippen LogP contribution in [0.4, 0.5) is 0 Å². The van der Waals surface area contributed by atoms with Crippen LogP contribution in [0.5, 0.6) is 0 Å². The summed E-state index contributed by atoms with van der Waals surface area (Å²) in [6.45, 7) is 0. The molecule has 0 unspecified atom stereocenters. The van der Waals surface area contributed by atoms with Crippen molar-refractivity contribution in [2.45, 2.75) is 0 Å². The first-order valence-corrected chi connectivity index (χ1v) is 0.900. The molecule has 0 aromatic heterocycles. The Morgan fingerprint density at radius 1 is 1.20 bits per heavy atom. The van der Waals surface area contributed by atoms with Crippen molar-refractivity contribution in [3.63, 3.8) is 0 Å². The van der Waals surface area contributed by atoms with E-state index in [0.29, 0.717) is 0 Å². The van der Waals surface area contributed by atoms with Crippen molar-refractivity contribution in [2.24, 2.45) is 4.75 Å². The predicted octanol–water partition coefficient (Wildman–Crippen LogP) is -0.601. The van der Waals surface area contributed by atoms with Crippen LogP contribution in [0.25, 0.3) is 0 Å². The van der Waals surface area contributed by atoms with Gasteiger partial charge in [0.1, 0.15) is 0 Å². The summed E-state index contributed by atoms with van der Waals surface area (Å²) in [5.74, 6) is 0. The molecule has 0 saturated heterocycles. The molecule has 0 aliphatic carbocycles. The normalized spacial score (nSPS) is 1.20. The van der Waals surface area contributed by atoms with E-state index < -0.39 is 0 Å². The third kappa shape index (κ3) is 24.0. The van der Waals surface area contributed by atoms with Gasteiger partial charge < -0.3 is 0 Å². The Morgan fingerprint density at radius 3 is 1.20 bits per heavy atom.